The van der Waals surface area contributed by atoms with Crippen molar-refractivity contribution in [2.24, 2.45) is 5.92 Å². The lowest BCUT2D eigenvalue weighted by Crippen LogP contribution is -2.37. The number of hydrogen-bond donors (Lipinski definition) is 1. The lowest BCUT2D eigenvalue weighted by atomic mass is 10.1. The summed E-state index contributed by atoms with van der Waals surface area (Å²) in [4.78, 5) is 25.2. The molecule has 0 aliphatic rings. The van der Waals surface area contributed by atoms with E-state index in [1.54, 1.807) is 30.1 Å². The highest BCUT2D eigenvalue weighted by atomic mass is 16.5. The number of amides is 1. The molecule has 5 nitrogen and oxygen atoms in total. The predicted molar refractivity (Wildman–Crippen MR) is 78.9 cm³/mol. The maximum Gasteiger partial charge on any atom is 0.339 e. The highest BCUT2D eigenvalue weighted by Gasteiger charge is 2.16. The number of methoxy groups -OCH3 is 1. The summed E-state index contributed by atoms with van der Waals surface area (Å²) in [6.07, 6.45) is 0. The predicted octanol–water partition coefficient (Wildman–Crippen LogP) is 1.68. The smallest absolute Gasteiger partial charge is 0.339 e. The van der Waals surface area contributed by atoms with E-state index in [2.05, 4.69) is 5.32 Å². The molecule has 0 aliphatic heterocycles. The van der Waals surface area contributed by atoms with Crippen LogP contribution in [0, 0.1) is 5.92 Å². The Hall–Kier alpha value is -2.04. The molecule has 1 aromatic carbocycles. The normalized spacial score (nSPS) is 10.2. The highest BCUT2D eigenvalue weighted by molar-refractivity contribution is 5.96. The molecule has 1 N–H and O–H groups in total. The quantitative estimate of drug-likeness (QED) is 0.804. The molecule has 0 aliphatic carbocycles. The average molecular weight is 278 g/mol. The van der Waals surface area contributed by atoms with Crippen LogP contribution in [0.5, 0.6) is 0 Å². The van der Waals surface area contributed by atoms with Gasteiger partial charge in [-0.1, -0.05) is 26.0 Å². The zero-order chi connectivity index (χ0) is 15.1. The van der Waals surface area contributed by atoms with Gasteiger partial charge in [-0.3, -0.25) is 4.79 Å². The number of anilines is 1. The summed E-state index contributed by atoms with van der Waals surface area (Å²) < 4.78 is 4.74. The van der Waals surface area contributed by atoms with Gasteiger partial charge in [0, 0.05) is 13.6 Å². The first-order chi connectivity index (χ1) is 9.45. The average Bonchev–Trinajstić information content (AvgIpc) is 2.44. The van der Waals surface area contributed by atoms with Gasteiger partial charge in [-0.05, 0) is 18.1 Å². The molecule has 1 amide bonds. The van der Waals surface area contributed by atoms with Gasteiger partial charge < -0.3 is 15.0 Å². The van der Waals surface area contributed by atoms with E-state index in [1.807, 2.05) is 19.9 Å². The van der Waals surface area contributed by atoms with E-state index in [9.17, 15) is 9.59 Å². The van der Waals surface area contributed by atoms with Gasteiger partial charge in [-0.25, -0.2) is 4.79 Å². The molecule has 0 radical (unpaired) electrons. The summed E-state index contributed by atoms with van der Waals surface area (Å²) in [5.41, 5.74) is 1.13. The molecule has 0 unspecified atom stereocenters. The fraction of sp³-hybridized carbons (Fsp3) is 0.467. The Balaban J connectivity index is 2.75. The van der Waals surface area contributed by atoms with Gasteiger partial charge in [0.25, 0.3) is 0 Å². The van der Waals surface area contributed by atoms with Crippen LogP contribution in [-0.4, -0.2) is 39.1 Å². The molecule has 0 saturated heterocycles. The van der Waals surface area contributed by atoms with Gasteiger partial charge in [0.05, 0.1) is 24.9 Å². The molecule has 0 bridgehead atoms. The Bertz CT molecular complexity index is 472. The number of esters is 1. The van der Waals surface area contributed by atoms with Gasteiger partial charge in [0.1, 0.15) is 0 Å². The number of ether oxygens (including phenoxy) is 1. The number of carbonyl (C=O) groups excluding carboxylic acids is 2. The van der Waals surface area contributed by atoms with E-state index >= 15 is 0 Å². The molecular weight excluding hydrogens is 256 g/mol. The second-order valence-corrected chi connectivity index (χ2v) is 5.06. The van der Waals surface area contributed by atoms with Crippen molar-refractivity contribution in [3.8, 4) is 0 Å². The van der Waals surface area contributed by atoms with E-state index in [1.165, 1.54) is 7.11 Å². The standard InChI is InChI=1S/C15H22N2O3/c1-11(2)9-16-14(18)10-17(3)13-8-6-5-7-12(13)15(19)20-4/h5-8,11H,9-10H2,1-4H3,(H,16,18). The molecule has 0 saturated carbocycles. The van der Waals surface area contributed by atoms with Crippen LogP contribution in [0.2, 0.25) is 0 Å². The van der Waals surface area contributed by atoms with Gasteiger partial charge in [-0.15, -0.1) is 0 Å². The summed E-state index contributed by atoms with van der Waals surface area (Å²) in [7, 11) is 3.12. The third kappa shape index (κ3) is 4.57. The van der Waals surface area contributed by atoms with Crippen molar-refractivity contribution in [2.45, 2.75) is 13.8 Å². The highest BCUT2D eigenvalue weighted by Crippen LogP contribution is 2.19. The monoisotopic (exact) mass is 278 g/mol. The van der Waals surface area contributed by atoms with E-state index in [0.29, 0.717) is 23.7 Å². The van der Waals surface area contributed by atoms with Crippen molar-refractivity contribution in [3.63, 3.8) is 0 Å². The van der Waals surface area contributed by atoms with Gasteiger partial charge >= 0.3 is 5.97 Å². The van der Waals surface area contributed by atoms with Gasteiger partial charge in [0.2, 0.25) is 5.91 Å². The third-order valence-electron chi connectivity index (χ3n) is 2.81. The van der Waals surface area contributed by atoms with Crippen molar-refractivity contribution in [2.75, 3.05) is 32.1 Å². The number of benzene rings is 1. The Morgan fingerprint density at radius 1 is 1.30 bits per heavy atom. The number of carbonyl (C=O) groups is 2. The number of para-hydroxylation sites is 1. The van der Waals surface area contributed by atoms with Gasteiger partial charge in [-0.2, -0.15) is 0 Å². The lowest BCUT2D eigenvalue weighted by molar-refractivity contribution is -0.119. The van der Waals surface area contributed by atoms with Crippen molar-refractivity contribution in [1.29, 1.82) is 0 Å². The third-order valence-corrected chi connectivity index (χ3v) is 2.81. The number of likely N-dealkylation sites (N-methyl/N-ethyl adjacent to an activating group) is 1. The topological polar surface area (TPSA) is 58.6 Å². The molecule has 0 fully saturated rings. The molecule has 1 rings (SSSR count). The SMILES string of the molecule is COC(=O)c1ccccc1N(C)CC(=O)NCC(C)C. The fourth-order valence-corrected chi connectivity index (χ4v) is 1.76. The minimum absolute atomic E-state index is 0.0686. The van der Waals surface area contributed by atoms with Crippen molar-refractivity contribution >= 4 is 17.6 Å². The van der Waals surface area contributed by atoms with Crippen LogP contribution < -0.4 is 10.2 Å². The summed E-state index contributed by atoms with van der Waals surface area (Å²) in [5.74, 6) is -0.0671. The van der Waals surface area contributed by atoms with Gasteiger partial charge in [0.15, 0.2) is 0 Å². The van der Waals surface area contributed by atoms with Crippen molar-refractivity contribution in [1.82, 2.24) is 5.32 Å². The number of rotatable bonds is 6. The van der Waals surface area contributed by atoms with E-state index in [0.717, 1.165) is 0 Å². The molecular formula is C15H22N2O3. The summed E-state index contributed by atoms with van der Waals surface area (Å²) >= 11 is 0. The van der Waals surface area contributed by atoms with E-state index < -0.39 is 5.97 Å². The van der Waals surface area contributed by atoms with Crippen LogP contribution in [0.4, 0.5) is 5.69 Å². The molecule has 5 heteroatoms. The summed E-state index contributed by atoms with van der Waals surface area (Å²) in [6, 6.07) is 7.07. The molecule has 0 spiro atoms. The largest absolute Gasteiger partial charge is 0.465 e. The second-order valence-electron chi connectivity index (χ2n) is 5.06. The zero-order valence-corrected chi connectivity index (χ0v) is 12.5. The minimum atomic E-state index is -0.407. The lowest BCUT2D eigenvalue weighted by Gasteiger charge is -2.21. The molecule has 0 heterocycles. The number of nitrogens with zero attached hydrogens (tertiary/aromatic N) is 1. The molecule has 20 heavy (non-hydrogen) atoms. The number of nitrogens with one attached hydrogen (secondary N) is 1. The zero-order valence-electron chi connectivity index (χ0n) is 12.5. The van der Waals surface area contributed by atoms with Crippen LogP contribution in [0.1, 0.15) is 24.2 Å². The van der Waals surface area contributed by atoms with E-state index in [-0.39, 0.29) is 12.5 Å². The van der Waals surface area contributed by atoms with Crippen molar-refractivity contribution in [3.05, 3.63) is 29.8 Å². The first-order valence-corrected chi connectivity index (χ1v) is 6.61. The fourth-order valence-electron chi connectivity index (χ4n) is 1.76. The van der Waals surface area contributed by atoms with Crippen LogP contribution in [-0.2, 0) is 9.53 Å². The first-order valence-electron chi connectivity index (χ1n) is 6.61. The Kier molecular flexibility index (Phi) is 6.03. The van der Waals surface area contributed by atoms with Crippen molar-refractivity contribution < 1.29 is 14.3 Å². The summed E-state index contributed by atoms with van der Waals surface area (Å²) in [6.45, 7) is 4.92. The maximum absolute atomic E-state index is 11.8. The first kappa shape index (κ1) is 16.0. The molecule has 1 aromatic rings. The van der Waals surface area contributed by atoms with E-state index in [4.69, 9.17) is 4.74 Å². The maximum atomic E-state index is 11.8. The summed E-state index contributed by atoms with van der Waals surface area (Å²) in [5, 5.41) is 2.85. The van der Waals surface area contributed by atoms with Crippen LogP contribution in [0.15, 0.2) is 24.3 Å². The molecule has 110 valence electrons. The Morgan fingerprint density at radius 2 is 1.95 bits per heavy atom. The van der Waals surface area contributed by atoms with Crippen LogP contribution >= 0.6 is 0 Å². The Morgan fingerprint density at radius 3 is 2.55 bits per heavy atom. The van der Waals surface area contributed by atoms with Crippen LogP contribution in [0.25, 0.3) is 0 Å². The minimum Gasteiger partial charge on any atom is -0.465 e. The Labute approximate surface area is 119 Å². The van der Waals surface area contributed by atoms with Crippen LogP contribution in [0.3, 0.4) is 0 Å². The number of hydrogen-bond acceptors (Lipinski definition) is 4. The molecule has 0 atom stereocenters. The molecule has 0 aromatic heterocycles. The second kappa shape index (κ2) is 7.53.